The summed E-state index contributed by atoms with van der Waals surface area (Å²) in [5.74, 6) is 0.873. The largest absolute Gasteiger partial charge is 0.493 e. The average molecular weight is 236 g/mol. The maximum absolute atomic E-state index is 11.9. The number of carbonyl (C=O) groups is 1. The van der Waals surface area contributed by atoms with E-state index in [1.807, 2.05) is 32.9 Å². The lowest BCUT2D eigenvalue weighted by atomic mass is 10.0. The molecule has 0 amide bonds. The lowest BCUT2D eigenvalue weighted by molar-refractivity contribution is -0.139. The number of rotatable bonds is 5. The van der Waals surface area contributed by atoms with Gasteiger partial charge in [-0.25, -0.2) is 0 Å². The SMILES string of the molecule is CCC(CC)C(=O)Oc1ccc(C)cc1OC. The molecule has 1 aromatic rings. The van der Waals surface area contributed by atoms with E-state index in [0.717, 1.165) is 18.4 Å². The first-order valence-electron chi connectivity index (χ1n) is 5.98. The van der Waals surface area contributed by atoms with Crippen molar-refractivity contribution in [2.75, 3.05) is 7.11 Å². The van der Waals surface area contributed by atoms with Crippen LogP contribution in [0.2, 0.25) is 0 Å². The van der Waals surface area contributed by atoms with Gasteiger partial charge in [-0.15, -0.1) is 0 Å². The molecule has 0 bridgehead atoms. The Morgan fingerprint density at radius 3 is 2.41 bits per heavy atom. The Hall–Kier alpha value is -1.51. The first kappa shape index (κ1) is 13.6. The second-order valence-corrected chi connectivity index (χ2v) is 4.09. The van der Waals surface area contributed by atoms with Crippen molar-refractivity contribution < 1.29 is 14.3 Å². The van der Waals surface area contributed by atoms with Crippen molar-refractivity contribution in [3.63, 3.8) is 0 Å². The Labute approximate surface area is 103 Å². The molecule has 0 aliphatic carbocycles. The van der Waals surface area contributed by atoms with Crippen molar-refractivity contribution in [2.45, 2.75) is 33.6 Å². The fraction of sp³-hybridized carbons (Fsp3) is 0.500. The minimum absolute atomic E-state index is 0.0407. The van der Waals surface area contributed by atoms with Crippen LogP contribution in [-0.4, -0.2) is 13.1 Å². The van der Waals surface area contributed by atoms with Crippen molar-refractivity contribution in [3.05, 3.63) is 23.8 Å². The van der Waals surface area contributed by atoms with Crippen molar-refractivity contribution in [2.24, 2.45) is 5.92 Å². The maximum Gasteiger partial charge on any atom is 0.314 e. The van der Waals surface area contributed by atoms with E-state index in [2.05, 4.69) is 0 Å². The highest BCUT2D eigenvalue weighted by Crippen LogP contribution is 2.28. The summed E-state index contributed by atoms with van der Waals surface area (Å²) in [6, 6.07) is 5.53. The van der Waals surface area contributed by atoms with Gasteiger partial charge >= 0.3 is 5.97 Å². The quantitative estimate of drug-likeness (QED) is 0.581. The standard InChI is InChI=1S/C14H20O3/c1-5-11(6-2)14(15)17-12-8-7-10(3)9-13(12)16-4/h7-9,11H,5-6H2,1-4H3. The van der Waals surface area contributed by atoms with E-state index < -0.39 is 0 Å². The molecular weight excluding hydrogens is 216 g/mol. The van der Waals surface area contributed by atoms with Gasteiger partial charge in [0.25, 0.3) is 0 Å². The lowest BCUT2D eigenvalue weighted by Crippen LogP contribution is -2.19. The van der Waals surface area contributed by atoms with E-state index in [1.165, 1.54) is 0 Å². The second-order valence-electron chi connectivity index (χ2n) is 4.09. The minimum Gasteiger partial charge on any atom is -0.493 e. The zero-order valence-corrected chi connectivity index (χ0v) is 10.9. The summed E-state index contributed by atoms with van der Waals surface area (Å²) in [6.45, 7) is 5.94. The van der Waals surface area contributed by atoms with E-state index >= 15 is 0 Å². The molecular formula is C14H20O3. The van der Waals surface area contributed by atoms with Crippen LogP contribution in [0.3, 0.4) is 0 Å². The zero-order valence-electron chi connectivity index (χ0n) is 10.9. The van der Waals surface area contributed by atoms with E-state index in [9.17, 15) is 4.79 Å². The van der Waals surface area contributed by atoms with Crippen molar-refractivity contribution in [3.8, 4) is 11.5 Å². The molecule has 3 heteroatoms. The number of hydrogen-bond donors (Lipinski definition) is 0. The highest BCUT2D eigenvalue weighted by atomic mass is 16.6. The molecule has 0 aromatic heterocycles. The van der Waals surface area contributed by atoms with Crippen LogP contribution in [0.1, 0.15) is 32.3 Å². The molecule has 94 valence electrons. The molecule has 0 radical (unpaired) electrons. The van der Waals surface area contributed by atoms with Crippen LogP contribution in [-0.2, 0) is 4.79 Å². The van der Waals surface area contributed by atoms with Crippen LogP contribution in [0.15, 0.2) is 18.2 Å². The first-order chi connectivity index (χ1) is 8.12. The predicted molar refractivity (Wildman–Crippen MR) is 67.4 cm³/mol. The lowest BCUT2D eigenvalue weighted by Gasteiger charge is -2.14. The summed E-state index contributed by atoms with van der Waals surface area (Å²) in [6.07, 6.45) is 1.59. The molecule has 0 atom stereocenters. The number of hydrogen-bond acceptors (Lipinski definition) is 3. The summed E-state index contributed by atoms with van der Waals surface area (Å²) in [5.41, 5.74) is 1.07. The second kappa shape index (κ2) is 6.28. The summed E-state index contributed by atoms with van der Waals surface area (Å²) >= 11 is 0. The summed E-state index contributed by atoms with van der Waals surface area (Å²) in [7, 11) is 1.57. The summed E-state index contributed by atoms with van der Waals surface area (Å²) in [4.78, 5) is 11.9. The Morgan fingerprint density at radius 1 is 1.24 bits per heavy atom. The van der Waals surface area contributed by atoms with E-state index in [-0.39, 0.29) is 11.9 Å². The van der Waals surface area contributed by atoms with E-state index in [4.69, 9.17) is 9.47 Å². The number of ether oxygens (including phenoxy) is 2. The van der Waals surface area contributed by atoms with Crippen molar-refractivity contribution >= 4 is 5.97 Å². The topological polar surface area (TPSA) is 35.5 Å². The van der Waals surface area contributed by atoms with Gasteiger partial charge in [-0.1, -0.05) is 19.9 Å². The number of benzene rings is 1. The zero-order chi connectivity index (χ0) is 12.8. The molecule has 0 aliphatic rings. The predicted octanol–water partition coefficient (Wildman–Crippen LogP) is 3.35. The molecule has 0 aliphatic heterocycles. The van der Waals surface area contributed by atoms with Crippen molar-refractivity contribution in [1.82, 2.24) is 0 Å². The molecule has 1 aromatic carbocycles. The third-order valence-electron chi connectivity index (χ3n) is 2.85. The van der Waals surface area contributed by atoms with Crippen LogP contribution in [0.5, 0.6) is 11.5 Å². The van der Waals surface area contributed by atoms with E-state index in [1.54, 1.807) is 13.2 Å². The van der Waals surface area contributed by atoms with Gasteiger partial charge in [-0.05, 0) is 37.5 Å². The van der Waals surface area contributed by atoms with Crippen LogP contribution < -0.4 is 9.47 Å². The normalized spacial score (nSPS) is 10.4. The summed E-state index contributed by atoms with van der Waals surface area (Å²) in [5, 5.41) is 0. The van der Waals surface area contributed by atoms with Gasteiger partial charge in [0.15, 0.2) is 11.5 Å². The Balaban J connectivity index is 2.84. The molecule has 0 N–H and O–H groups in total. The molecule has 0 heterocycles. The Bertz CT molecular complexity index is 381. The van der Waals surface area contributed by atoms with Gasteiger partial charge < -0.3 is 9.47 Å². The highest BCUT2D eigenvalue weighted by molar-refractivity contribution is 5.75. The Morgan fingerprint density at radius 2 is 1.88 bits per heavy atom. The minimum atomic E-state index is -0.183. The van der Waals surface area contributed by atoms with Gasteiger partial charge in [-0.3, -0.25) is 4.79 Å². The van der Waals surface area contributed by atoms with E-state index in [0.29, 0.717) is 11.5 Å². The van der Waals surface area contributed by atoms with Gasteiger partial charge in [0.1, 0.15) is 0 Å². The Kier molecular flexibility index (Phi) is 5.01. The van der Waals surface area contributed by atoms with Crippen LogP contribution in [0, 0.1) is 12.8 Å². The third kappa shape index (κ3) is 3.48. The van der Waals surface area contributed by atoms with Crippen LogP contribution in [0.4, 0.5) is 0 Å². The van der Waals surface area contributed by atoms with Gasteiger partial charge in [0, 0.05) is 0 Å². The van der Waals surface area contributed by atoms with Crippen molar-refractivity contribution in [1.29, 1.82) is 0 Å². The van der Waals surface area contributed by atoms with Crippen LogP contribution in [0.25, 0.3) is 0 Å². The van der Waals surface area contributed by atoms with Gasteiger partial charge in [0.05, 0.1) is 13.0 Å². The fourth-order valence-corrected chi connectivity index (χ4v) is 1.67. The molecule has 0 unspecified atom stereocenters. The molecule has 17 heavy (non-hydrogen) atoms. The fourth-order valence-electron chi connectivity index (χ4n) is 1.67. The molecule has 0 saturated carbocycles. The molecule has 0 saturated heterocycles. The first-order valence-corrected chi connectivity index (χ1v) is 5.98. The molecule has 1 rings (SSSR count). The number of methoxy groups -OCH3 is 1. The molecule has 0 fully saturated rings. The average Bonchev–Trinajstić information content (AvgIpc) is 2.33. The number of carbonyl (C=O) groups excluding carboxylic acids is 1. The molecule has 0 spiro atoms. The monoisotopic (exact) mass is 236 g/mol. The third-order valence-corrected chi connectivity index (χ3v) is 2.85. The number of aryl methyl sites for hydroxylation is 1. The number of esters is 1. The maximum atomic E-state index is 11.9. The van der Waals surface area contributed by atoms with Gasteiger partial charge in [-0.2, -0.15) is 0 Å². The highest BCUT2D eigenvalue weighted by Gasteiger charge is 2.18. The molecule has 3 nitrogen and oxygen atoms in total. The van der Waals surface area contributed by atoms with Crippen LogP contribution >= 0.6 is 0 Å². The van der Waals surface area contributed by atoms with Gasteiger partial charge in [0.2, 0.25) is 0 Å². The summed E-state index contributed by atoms with van der Waals surface area (Å²) < 4.78 is 10.6. The smallest absolute Gasteiger partial charge is 0.314 e.